The lowest BCUT2D eigenvalue weighted by molar-refractivity contribution is 0.103. The predicted molar refractivity (Wildman–Crippen MR) is 107 cm³/mol. The number of nitrogens with zero attached hydrogens (tertiary/aromatic N) is 3. The van der Waals surface area contributed by atoms with Gasteiger partial charge in [0.05, 0.1) is 16.8 Å². The Morgan fingerprint density at radius 1 is 1.34 bits per heavy atom. The van der Waals surface area contributed by atoms with Gasteiger partial charge in [-0.3, -0.25) is 9.78 Å². The Balaban J connectivity index is 2.07. The molecule has 0 spiro atoms. The van der Waals surface area contributed by atoms with E-state index in [1.165, 1.54) is 18.5 Å². The number of carbonyl (C=O) groups is 1. The minimum atomic E-state index is -3.89. The van der Waals surface area contributed by atoms with E-state index in [0.717, 1.165) is 0 Å². The zero-order valence-electron chi connectivity index (χ0n) is 15.8. The highest BCUT2D eigenvalue weighted by molar-refractivity contribution is 7.93. The zero-order chi connectivity index (χ0) is 21.1. The van der Waals surface area contributed by atoms with E-state index in [1.54, 1.807) is 31.5 Å². The number of methoxy groups -OCH3 is 1. The first-order valence-electron chi connectivity index (χ1n) is 8.75. The Morgan fingerprint density at radius 2 is 2.14 bits per heavy atom. The first-order valence-corrected chi connectivity index (χ1v) is 10.3. The molecule has 0 aliphatic heterocycles. The highest BCUT2D eigenvalue weighted by atomic mass is 32.2. The third kappa shape index (κ3) is 4.39. The minimum Gasteiger partial charge on any atom is -0.385 e. The van der Waals surface area contributed by atoms with E-state index < -0.39 is 21.2 Å². The maximum Gasteiger partial charge on any atom is 0.234 e. The number of allylic oxidation sites excluding steroid dienone is 4. The maximum absolute atomic E-state index is 12.9. The van der Waals surface area contributed by atoms with Crippen molar-refractivity contribution in [2.75, 3.05) is 19.5 Å². The fourth-order valence-electron chi connectivity index (χ4n) is 3.16. The minimum absolute atomic E-state index is 0.0209. The summed E-state index contributed by atoms with van der Waals surface area (Å²) in [5.41, 5.74) is 5.75. The van der Waals surface area contributed by atoms with E-state index in [0.29, 0.717) is 24.3 Å². The summed E-state index contributed by atoms with van der Waals surface area (Å²) in [7, 11) is -2.34. The van der Waals surface area contributed by atoms with Crippen LogP contribution in [0.1, 0.15) is 34.6 Å². The van der Waals surface area contributed by atoms with Crippen LogP contribution in [0.3, 0.4) is 0 Å². The van der Waals surface area contributed by atoms with Gasteiger partial charge in [0.25, 0.3) is 0 Å². The summed E-state index contributed by atoms with van der Waals surface area (Å²) in [4.78, 5) is 25.5. The second kappa shape index (κ2) is 8.19. The predicted octanol–water partition coefficient (Wildman–Crippen LogP) is 1.09. The van der Waals surface area contributed by atoms with E-state index in [-0.39, 0.29) is 22.8 Å². The number of ketones is 1. The summed E-state index contributed by atoms with van der Waals surface area (Å²) >= 11 is 0. The lowest BCUT2D eigenvalue weighted by Gasteiger charge is -2.32. The first kappa shape index (κ1) is 20.8. The SMILES string of the molecule is COCCC1(c2cnc(N)c(C(=O)c3cccnc3)n2)C=CC=C(S(N)(=O)=O)C1. The van der Waals surface area contributed by atoms with Crippen molar-refractivity contribution in [1.82, 2.24) is 15.0 Å². The summed E-state index contributed by atoms with van der Waals surface area (Å²) in [5.74, 6) is -0.444. The summed E-state index contributed by atoms with van der Waals surface area (Å²) in [6, 6.07) is 3.24. The van der Waals surface area contributed by atoms with Crippen molar-refractivity contribution in [2.45, 2.75) is 18.3 Å². The standard InChI is InChI=1S/C19H21N5O4S/c1-28-9-7-19(6-2-5-14(10-19)29(21,26)27)15-12-23-18(20)16(24-15)17(25)13-4-3-8-22-11-13/h2-6,8,11-12H,7,9-10H2,1H3,(H2,20,23)(H2,21,26,27). The smallest absolute Gasteiger partial charge is 0.234 e. The van der Waals surface area contributed by atoms with Gasteiger partial charge in [0.15, 0.2) is 11.5 Å². The summed E-state index contributed by atoms with van der Waals surface area (Å²) in [5, 5.41) is 5.34. The normalized spacial score (nSPS) is 19.0. The number of hydrogen-bond acceptors (Lipinski definition) is 8. The number of rotatable bonds is 7. The molecular formula is C19H21N5O4S. The molecule has 1 aliphatic carbocycles. The van der Waals surface area contributed by atoms with Gasteiger partial charge in [-0.15, -0.1) is 0 Å². The molecule has 10 heteroatoms. The molecule has 2 aromatic heterocycles. The molecular weight excluding hydrogens is 394 g/mol. The molecule has 0 saturated carbocycles. The van der Waals surface area contributed by atoms with Crippen LogP contribution in [0.25, 0.3) is 0 Å². The van der Waals surface area contributed by atoms with Crippen LogP contribution in [-0.4, -0.2) is 42.9 Å². The van der Waals surface area contributed by atoms with Gasteiger partial charge >= 0.3 is 0 Å². The number of nitrogens with two attached hydrogens (primary N) is 2. The first-order chi connectivity index (χ1) is 13.8. The fourth-order valence-corrected chi connectivity index (χ4v) is 3.89. The third-order valence-corrected chi connectivity index (χ3v) is 5.77. The number of carbonyl (C=O) groups excluding carboxylic acids is 1. The van der Waals surface area contributed by atoms with Crippen molar-refractivity contribution >= 4 is 21.6 Å². The van der Waals surface area contributed by atoms with Gasteiger partial charge in [0, 0.05) is 37.1 Å². The molecule has 29 heavy (non-hydrogen) atoms. The van der Waals surface area contributed by atoms with Crippen molar-refractivity contribution in [3.8, 4) is 0 Å². The van der Waals surface area contributed by atoms with Crippen molar-refractivity contribution in [2.24, 2.45) is 5.14 Å². The molecule has 0 amide bonds. The molecule has 1 atom stereocenters. The van der Waals surface area contributed by atoms with E-state index in [1.807, 2.05) is 6.08 Å². The number of anilines is 1. The van der Waals surface area contributed by atoms with Crippen LogP contribution < -0.4 is 10.9 Å². The van der Waals surface area contributed by atoms with Gasteiger partial charge in [-0.2, -0.15) is 0 Å². The molecule has 0 saturated heterocycles. The quantitative estimate of drug-likeness (QED) is 0.638. The molecule has 0 radical (unpaired) electrons. The number of sulfonamides is 1. The Morgan fingerprint density at radius 3 is 2.79 bits per heavy atom. The van der Waals surface area contributed by atoms with Crippen LogP contribution in [0.4, 0.5) is 5.82 Å². The Labute approximate surface area is 168 Å². The highest BCUT2D eigenvalue weighted by Gasteiger charge is 2.37. The van der Waals surface area contributed by atoms with Crippen LogP contribution in [0.15, 0.2) is 53.9 Å². The lowest BCUT2D eigenvalue weighted by Crippen LogP contribution is -2.33. The molecule has 1 unspecified atom stereocenters. The molecule has 2 heterocycles. The molecule has 1 aliphatic rings. The van der Waals surface area contributed by atoms with Gasteiger partial charge in [0.2, 0.25) is 15.8 Å². The van der Waals surface area contributed by atoms with Gasteiger partial charge < -0.3 is 10.5 Å². The number of aromatic nitrogens is 3. The van der Waals surface area contributed by atoms with Crippen LogP contribution in [0, 0.1) is 0 Å². The van der Waals surface area contributed by atoms with Crippen molar-refractivity contribution < 1.29 is 17.9 Å². The molecule has 152 valence electrons. The van der Waals surface area contributed by atoms with Crippen LogP contribution >= 0.6 is 0 Å². The molecule has 0 bridgehead atoms. The second-order valence-electron chi connectivity index (χ2n) is 6.67. The average Bonchev–Trinajstić information content (AvgIpc) is 2.72. The monoisotopic (exact) mass is 415 g/mol. The number of pyridine rings is 1. The van der Waals surface area contributed by atoms with E-state index in [4.69, 9.17) is 15.6 Å². The maximum atomic E-state index is 12.9. The number of ether oxygens (including phenoxy) is 1. The number of nitrogen functional groups attached to an aromatic ring is 1. The molecule has 0 fully saturated rings. The van der Waals surface area contributed by atoms with Gasteiger partial charge in [-0.05, 0) is 31.1 Å². The molecule has 3 rings (SSSR count). The van der Waals surface area contributed by atoms with Crippen molar-refractivity contribution in [1.29, 1.82) is 0 Å². The van der Waals surface area contributed by atoms with E-state index >= 15 is 0 Å². The lowest BCUT2D eigenvalue weighted by atomic mass is 9.76. The number of hydrogen-bond donors (Lipinski definition) is 2. The van der Waals surface area contributed by atoms with Crippen LogP contribution in [0.2, 0.25) is 0 Å². The zero-order valence-corrected chi connectivity index (χ0v) is 16.6. The largest absolute Gasteiger partial charge is 0.385 e. The van der Waals surface area contributed by atoms with Crippen molar-refractivity contribution in [3.63, 3.8) is 0 Å². The number of primary sulfonamides is 1. The third-order valence-electron chi connectivity index (χ3n) is 4.75. The Kier molecular flexibility index (Phi) is 5.87. The fraction of sp³-hybridized carbons (Fsp3) is 0.263. The Bertz CT molecular complexity index is 1080. The van der Waals surface area contributed by atoms with Gasteiger partial charge in [0.1, 0.15) is 0 Å². The summed E-state index contributed by atoms with van der Waals surface area (Å²) in [6.45, 7) is 0.334. The van der Waals surface area contributed by atoms with E-state index in [2.05, 4.69) is 15.0 Å². The van der Waals surface area contributed by atoms with Gasteiger partial charge in [-0.25, -0.2) is 23.5 Å². The van der Waals surface area contributed by atoms with Crippen LogP contribution in [0.5, 0.6) is 0 Å². The Hall–Kier alpha value is -2.95. The highest BCUT2D eigenvalue weighted by Crippen LogP contribution is 2.39. The second-order valence-corrected chi connectivity index (χ2v) is 8.29. The van der Waals surface area contributed by atoms with Crippen LogP contribution in [-0.2, 0) is 20.2 Å². The molecule has 4 N–H and O–H groups in total. The van der Waals surface area contributed by atoms with E-state index in [9.17, 15) is 13.2 Å². The topological polar surface area (TPSA) is 151 Å². The average molecular weight is 415 g/mol. The summed E-state index contributed by atoms with van der Waals surface area (Å²) in [6.07, 6.45) is 9.78. The van der Waals surface area contributed by atoms with Crippen molar-refractivity contribution in [3.05, 3.63) is 70.8 Å². The summed E-state index contributed by atoms with van der Waals surface area (Å²) < 4.78 is 29.0. The van der Waals surface area contributed by atoms with Gasteiger partial charge in [-0.1, -0.05) is 12.2 Å². The molecule has 9 nitrogen and oxygen atoms in total. The molecule has 2 aromatic rings. The molecule has 0 aromatic carbocycles.